The minimum Gasteiger partial charge on any atom is -0.341 e. The van der Waals surface area contributed by atoms with E-state index in [2.05, 4.69) is 457 Å². The predicted octanol–water partition coefficient (Wildman–Crippen LogP) is 29.6. The van der Waals surface area contributed by atoms with Crippen molar-refractivity contribution in [1.82, 2.24) is 9.13 Å². The fourth-order valence-corrected chi connectivity index (χ4v) is 16.1. The Morgan fingerprint density at radius 3 is 0.664 bits per heavy atom. The minimum absolute atomic E-state index is 0.953. The second kappa shape index (κ2) is 30.4. The lowest BCUT2D eigenvalue weighted by Gasteiger charge is -2.26. The van der Waals surface area contributed by atoms with E-state index in [0.29, 0.717) is 0 Å². The van der Waals surface area contributed by atoms with Gasteiger partial charge in [-0.05, 0) is 223 Å². The number of hydrogen-bond acceptors (Lipinski definition) is 2. The second-order valence-electron chi connectivity index (χ2n) is 28.1. The van der Waals surface area contributed by atoms with Crippen LogP contribution in [0.4, 0.5) is 34.1 Å². The molecule has 0 aliphatic rings. The summed E-state index contributed by atoms with van der Waals surface area (Å²) in [6.45, 7) is 6.35. The molecule has 2 heterocycles. The van der Waals surface area contributed by atoms with Crippen molar-refractivity contribution in [3.8, 4) is 100 Å². The second-order valence-corrected chi connectivity index (χ2v) is 28.1. The third-order valence-corrected chi connectivity index (χ3v) is 21.7. The molecule has 0 amide bonds. The van der Waals surface area contributed by atoms with Gasteiger partial charge in [0, 0.05) is 90.8 Å². The quantitative estimate of drug-likeness (QED) is 0.0903. The lowest BCUT2D eigenvalue weighted by atomic mass is 9.93. The van der Waals surface area contributed by atoms with Gasteiger partial charge in [-0.3, -0.25) is 0 Å². The van der Waals surface area contributed by atoms with E-state index in [-0.39, 0.29) is 0 Å². The van der Waals surface area contributed by atoms with Gasteiger partial charge in [0.15, 0.2) is 0 Å². The number of nitrogens with zero attached hydrogens (tertiary/aromatic N) is 4. The maximum Gasteiger partial charge on any atom is 0.0491 e. The Bertz CT molecular complexity index is 6370. The summed E-state index contributed by atoms with van der Waals surface area (Å²) in [4.78, 5) is 4.63. The van der Waals surface area contributed by atoms with Gasteiger partial charge in [0.2, 0.25) is 0 Å². The number of rotatable bonds is 17. The molecule has 2 aromatic heterocycles. The van der Waals surface area contributed by atoms with Gasteiger partial charge in [-0.25, -0.2) is 0 Å². The Balaban J connectivity index is 0.000000155. The summed E-state index contributed by atoms with van der Waals surface area (Å²) in [5.41, 5.74) is 33.7. The normalized spacial score (nSPS) is 11.3. The summed E-state index contributed by atoms with van der Waals surface area (Å²) in [7, 11) is 0. The molecule has 0 N–H and O–H groups in total. The number of hydrogen-bond donors (Lipinski definition) is 0. The molecule has 0 saturated heterocycles. The van der Waals surface area contributed by atoms with E-state index < -0.39 is 0 Å². The topological polar surface area (TPSA) is 16.3 Å². The van der Waals surface area contributed by atoms with E-state index in [0.717, 1.165) is 47.2 Å². The average molecular weight is 1410 g/mol. The largest absolute Gasteiger partial charge is 0.341 e. The molecule has 0 unspecified atom stereocenters. The van der Waals surface area contributed by atoms with E-state index in [1.807, 2.05) is 0 Å². The van der Waals surface area contributed by atoms with Crippen LogP contribution in [0.2, 0.25) is 0 Å². The van der Waals surface area contributed by atoms with Crippen LogP contribution in [0.5, 0.6) is 0 Å². The Morgan fingerprint density at radius 2 is 0.364 bits per heavy atom. The van der Waals surface area contributed by atoms with Gasteiger partial charge in [-0.2, -0.15) is 0 Å². The van der Waals surface area contributed by atoms with Crippen molar-refractivity contribution in [3.05, 3.63) is 425 Å². The molecule has 0 atom stereocenters. The molecule has 19 rings (SSSR count). The fraction of sp³-hybridized carbons (Fsp3) is 0.0377. The first-order valence-corrected chi connectivity index (χ1v) is 38.2. The van der Waals surface area contributed by atoms with E-state index in [4.69, 9.17) is 0 Å². The molecule has 0 spiro atoms. The van der Waals surface area contributed by atoms with Gasteiger partial charge in [-0.1, -0.05) is 315 Å². The van der Waals surface area contributed by atoms with Crippen LogP contribution in [0, 0.1) is 0 Å². The third kappa shape index (κ3) is 13.5. The van der Waals surface area contributed by atoms with Crippen LogP contribution in [-0.4, -0.2) is 9.13 Å². The summed E-state index contributed by atoms with van der Waals surface area (Å²) in [6.07, 6.45) is 0. The molecular formula is C106H80N4. The number of para-hydroxylation sites is 4. The van der Waals surface area contributed by atoms with Gasteiger partial charge in [0.05, 0.1) is 0 Å². The SMILES string of the molecule is CCn1c2ccccc2c2cc(-c3ccc(-c4ccc(-c5ccc(-c6ccc(N(c7ccccc7)c7ccc(-c8ccccc8)cc7)cc6)cc5)cc4)cc3)ccc21.CCn1c2ccccc2c2cc(-c3ccc(-c4ccccc4-c4ccc(N(c5ccccc5)c5ccc(-c6ccccc6)cc5)cc4)cc3)ccc21. The van der Waals surface area contributed by atoms with Crippen LogP contribution < -0.4 is 9.80 Å². The molecule has 0 aliphatic heterocycles. The minimum atomic E-state index is 0.953. The van der Waals surface area contributed by atoms with E-state index in [1.165, 1.54) is 144 Å². The third-order valence-electron chi connectivity index (χ3n) is 21.7. The molecule has 17 aromatic carbocycles. The molecule has 4 heteroatoms. The molecular weight excluding hydrogens is 1330 g/mol. The summed E-state index contributed by atoms with van der Waals surface area (Å²) in [6, 6.07) is 154. The maximum absolute atomic E-state index is 2.41. The van der Waals surface area contributed by atoms with Crippen molar-refractivity contribution < 1.29 is 0 Å². The number of aryl methyl sites for hydroxylation is 2. The number of anilines is 6. The van der Waals surface area contributed by atoms with Gasteiger partial charge >= 0.3 is 0 Å². The highest BCUT2D eigenvalue weighted by Gasteiger charge is 2.19. The van der Waals surface area contributed by atoms with Crippen LogP contribution in [0.25, 0.3) is 144 Å². The number of aromatic nitrogens is 2. The van der Waals surface area contributed by atoms with Gasteiger partial charge in [-0.15, -0.1) is 0 Å². The lowest BCUT2D eigenvalue weighted by molar-refractivity contribution is 0.827. The highest BCUT2D eigenvalue weighted by Crippen LogP contribution is 2.43. The molecule has 0 aliphatic carbocycles. The van der Waals surface area contributed by atoms with Crippen LogP contribution in [0.1, 0.15) is 13.8 Å². The Labute approximate surface area is 644 Å². The molecule has 0 bridgehead atoms. The molecule has 110 heavy (non-hydrogen) atoms. The van der Waals surface area contributed by atoms with Crippen LogP contribution in [-0.2, 0) is 13.1 Å². The summed E-state index contributed by atoms with van der Waals surface area (Å²) < 4.78 is 4.81. The van der Waals surface area contributed by atoms with Gasteiger partial charge in [0.25, 0.3) is 0 Å². The van der Waals surface area contributed by atoms with E-state index in [9.17, 15) is 0 Å². The smallest absolute Gasteiger partial charge is 0.0491 e. The van der Waals surface area contributed by atoms with Gasteiger partial charge in [0.1, 0.15) is 0 Å². The van der Waals surface area contributed by atoms with Crippen molar-refractivity contribution in [3.63, 3.8) is 0 Å². The molecule has 524 valence electrons. The zero-order chi connectivity index (χ0) is 73.7. The first-order chi connectivity index (χ1) is 54.4. The van der Waals surface area contributed by atoms with E-state index in [1.54, 1.807) is 0 Å². The predicted molar refractivity (Wildman–Crippen MR) is 469 cm³/mol. The Morgan fingerprint density at radius 1 is 0.164 bits per heavy atom. The molecule has 19 aromatic rings. The van der Waals surface area contributed by atoms with Crippen LogP contribution >= 0.6 is 0 Å². The van der Waals surface area contributed by atoms with Crippen molar-refractivity contribution in [2.24, 2.45) is 0 Å². The monoisotopic (exact) mass is 1410 g/mol. The zero-order valence-corrected chi connectivity index (χ0v) is 61.6. The lowest BCUT2D eigenvalue weighted by Crippen LogP contribution is -2.09. The number of benzene rings is 17. The maximum atomic E-state index is 2.41. The van der Waals surface area contributed by atoms with Crippen molar-refractivity contribution in [2.75, 3.05) is 9.80 Å². The first-order valence-electron chi connectivity index (χ1n) is 38.2. The van der Waals surface area contributed by atoms with Crippen molar-refractivity contribution >= 4 is 77.7 Å². The standard InChI is InChI=1S/C56H42N2.C50H38N2/c1-2-57-55-16-10-9-15-53(55)54-39-49(33-38-56(54)57)48-27-25-44(26-28-48)43-19-17-41(18-20-43)42-21-23-45(24-22-42)47-31-36-52(37-32-47)58(50-13-7-4-8-14-50)51-34-29-46(30-35-51)40-11-5-3-6-12-40;1-2-51-49-20-12-11-19-47(49)48-35-41(29-34-50(48)51)38-21-23-39(24-22-38)45-17-9-10-18-46(45)40-27-32-44(33-28-40)52(42-15-7-4-8-16-42)43-30-25-37(26-31-43)36-13-5-3-6-14-36/h3-39H,2H2,1H3;3-35H,2H2,1H3. The fourth-order valence-electron chi connectivity index (χ4n) is 16.1. The van der Waals surface area contributed by atoms with E-state index >= 15 is 0 Å². The number of fused-ring (bicyclic) bond motifs is 6. The highest BCUT2D eigenvalue weighted by atomic mass is 15.1. The van der Waals surface area contributed by atoms with Crippen LogP contribution in [0.15, 0.2) is 425 Å². The average Bonchev–Trinajstić information content (AvgIpc) is 1.60. The highest BCUT2D eigenvalue weighted by molar-refractivity contribution is 6.10. The van der Waals surface area contributed by atoms with Crippen LogP contribution in [0.3, 0.4) is 0 Å². The first kappa shape index (κ1) is 67.8. The molecule has 0 saturated carbocycles. The Hall–Kier alpha value is -14.1. The Kier molecular flexibility index (Phi) is 18.8. The molecule has 0 fully saturated rings. The summed E-state index contributed by atoms with van der Waals surface area (Å²) >= 11 is 0. The summed E-state index contributed by atoms with van der Waals surface area (Å²) in [5.74, 6) is 0. The van der Waals surface area contributed by atoms with Crippen molar-refractivity contribution in [2.45, 2.75) is 26.9 Å². The molecule has 0 radical (unpaired) electrons. The van der Waals surface area contributed by atoms with Crippen molar-refractivity contribution in [1.29, 1.82) is 0 Å². The van der Waals surface area contributed by atoms with Gasteiger partial charge < -0.3 is 18.9 Å². The summed E-state index contributed by atoms with van der Waals surface area (Å²) in [5, 5.41) is 5.25. The zero-order valence-electron chi connectivity index (χ0n) is 61.6. The molecule has 4 nitrogen and oxygen atoms in total.